The van der Waals surface area contributed by atoms with Crippen molar-refractivity contribution in [1.82, 2.24) is 15.1 Å². The van der Waals surface area contributed by atoms with Gasteiger partial charge in [-0.3, -0.25) is 9.48 Å². The molecule has 7 nitrogen and oxygen atoms in total. The van der Waals surface area contributed by atoms with Gasteiger partial charge in [-0.2, -0.15) is 5.10 Å². The van der Waals surface area contributed by atoms with Crippen molar-refractivity contribution in [2.45, 2.75) is 79.5 Å². The Morgan fingerprint density at radius 1 is 1.37 bits per heavy atom. The normalized spacial score (nSPS) is 23.9. The molecule has 1 aliphatic rings. The highest BCUT2D eigenvalue weighted by Gasteiger charge is 2.66. The predicted octanol–water partition coefficient (Wildman–Crippen LogP) is 2.47. The number of carbonyl (C=O) groups is 2. The van der Waals surface area contributed by atoms with Crippen LogP contribution in [0.5, 0.6) is 0 Å². The van der Waals surface area contributed by atoms with E-state index in [4.69, 9.17) is 4.74 Å². The molecule has 0 bridgehead atoms. The largest absolute Gasteiger partial charge is 0.479 e. The van der Waals surface area contributed by atoms with Crippen molar-refractivity contribution >= 4 is 11.9 Å². The average molecular weight is 380 g/mol. The molecule has 1 aliphatic carbocycles. The maximum atomic E-state index is 12.8. The lowest BCUT2D eigenvalue weighted by atomic mass is 9.54. The van der Waals surface area contributed by atoms with Gasteiger partial charge in [0.05, 0.1) is 18.2 Å². The highest BCUT2D eigenvalue weighted by molar-refractivity contribution is 5.90. The molecule has 0 spiro atoms. The van der Waals surface area contributed by atoms with Crippen molar-refractivity contribution < 1.29 is 19.4 Å². The van der Waals surface area contributed by atoms with Gasteiger partial charge >= 0.3 is 5.97 Å². The van der Waals surface area contributed by atoms with Crippen molar-refractivity contribution in [1.29, 1.82) is 0 Å². The van der Waals surface area contributed by atoms with E-state index in [9.17, 15) is 14.7 Å². The van der Waals surface area contributed by atoms with Gasteiger partial charge in [-0.05, 0) is 26.7 Å². The molecule has 1 aromatic rings. The predicted molar refractivity (Wildman–Crippen MR) is 103 cm³/mol. The highest BCUT2D eigenvalue weighted by atomic mass is 16.5. The lowest BCUT2D eigenvalue weighted by Crippen LogP contribution is -2.76. The molecule has 2 N–H and O–H groups in total. The van der Waals surface area contributed by atoms with Crippen LogP contribution in [-0.4, -0.2) is 45.0 Å². The topological polar surface area (TPSA) is 93.5 Å². The molecule has 2 rings (SSSR count). The fourth-order valence-electron chi connectivity index (χ4n) is 3.99. The molecule has 27 heavy (non-hydrogen) atoms. The second-order valence-corrected chi connectivity index (χ2v) is 8.53. The molecule has 1 fully saturated rings. The third-order valence-electron chi connectivity index (χ3n) is 5.89. The summed E-state index contributed by atoms with van der Waals surface area (Å²) >= 11 is 0. The van der Waals surface area contributed by atoms with Gasteiger partial charge in [-0.1, -0.05) is 27.7 Å². The number of carboxylic acid groups (broad SMARTS) is 1. The fourth-order valence-corrected chi connectivity index (χ4v) is 3.99. The van der Waals surface area contributed by atoms with E-state index < -0.39 is 16.9 Å². The van der Waals surface area contributed by atoms with Crippen LogP contribution in [0.25, 0.3) is 0 Å². The minimum absolute atomic E-state index is 0.125. The van der Waals surface area contributed by atoms with Gasteiger partial charge < -0.3 is 15.2 Å². The fraction of sp³-hybridized carbons (Fsp3) is 0.750. The zero-order chi connectivity index (χ0) is 20.6. The average Bonchev–Trinajstić information content (AvgIpc) is 2.80. The number of ether oxygens (including phenoxy) is 1. The number of rotatable bonds is 8. The number of aryl methyl sites for hydroxylation is 1. The van der Waals surface area contributed by atoms with Crippen molar-refractivity contribution in [3.8, 4) is 0 Å². The van der Waals surface area contributed by atoms with Gasteiger partial charge in [-0.25, -0.2) is 4.79 Å². The van der Waals surface area contributed by atoms with Crippen LogP contribution in [0, 0.1) is 25.2 Å². The minimum atomic E-state index is -1.31. The summed E-state index contributed by atoms with van der Waals surface area (Å²) in [5, 5.41) is 17.2. The number of carboxylic acids is 1. The number of nitrogens with zero attached hydrogens (tertiary/aromatic N) is 2. The van der Waals surface area contributed by atoms with Crippen LogP contribution >= 0.6 is 0 Å². The standard InChI is InChI=1S/C20H33N3O4/c1-8-27-16-10-20(18(25)26,19(16,6)7)21-17(24)9-15-13(4)22-23(14(15)5)11-12(2)3/h12,16H,8-11H2,1-7H3,(H,21,24)(H,25,26). The number of aromatic nitrogens is 2. The number of carbonyl (C=O) groups excluding carboxylic acids is 1. The van der Waals surface area contributed by atoms with Gasteiger partial charge in [0.2, 0.25) is 5.91 Å². The highest BCUT2D eigenvalue weighted by Crippen LogP contribution is 2.51. The Labute approximate surface area is 161 Å². The molecule has 1 aromatic heterocycles. The first-order chi connectivity index (χ1) is 12.5. The molecule has 2 unspecified atom stereocenters. The van der Waals surface area contributed by atoms with Crippen LogP contribution in [-0.2, 0) is 27.3 Å². The molecule has 0 saturated heterocycles. The molecule has 2 atom stereocenters. The van der Waals surface area contributed by atoms with E-state index in [0.717, 1.165) is 23.5 Å². The summed E-state index contributed by atoms with van der Waals surface area (Å²) in [6.07, 6.45) is 0.218. The lowest BCUT2D eigenvalue weighted by molar-refractivity contribution is -0.194. The van der Waals surface area contributed by atoms with Crippen LogP contribution in [0.4, 0.5) is 0 Å². The summed E-state index contributed by atoms with van der Waals surface area (Å²) < 4.78 is 7.57. The first-order valence-corrected chi connectivity index (χ1v) is 9.65. The number of hydrogen-bond donors (Lipinski definition) is 2. The molecule has 7 heteroatoms. The maximum Gasteiger partial charge on any atom is 0.330 e. The van der Waals surface area contributed by atoms with Crippen molar-refractivity contribution in [2.24, 2.45) is 11.3 Å². The second kappa shape index (κ2) is 7.62. The quantitative estimate of drug-likeness (QED) is 0.724. The minimum Gasteiger partial charge on any atom is -0.479 e. The third-order valence-corrected chi connectivity index (χ3v) is 5.89. The summed E-state index contributed by atoms with van der Waals surface area (Å²) in [7, 11) is 0. The monoisotopic (exact) mass is 379 g/mol. The maximum absolute atomic E-state index is 12.8. The number of hydrogen-bond acceptors (Lipinski definition) is 4. The Bertz CT molecular complexity index is 723. The van der Waals surface area contributed by atoms with E-state index in [-0.39, 0.29) is 24.9 Å². The van der Waals surface area contributed by atoms with E-state index in [1.165, 1.54) is 0 Å². The Kier molecular flexibility index (Phi) is 6.04. The molecule has 0 aromatic carbocycles. The summed E-state index contributed by atoms with van der Waals surface area (Å²) in [6.45, 7) is 14.9. The van der Waals surface area contributed by atoms with Crippen LogP contribution < -0.4 is 5.32 Å². The summed E-state index contributed by atoms with van der Waals surface area (Å²) in [5.41, 5.74) is 0.650. The van der Waals surface area contributed by atoms with Crippen LogP contribution in [0.1, 0.15) is 58.0 Å². The second-order valence-electron chi connectivity index (χ2n) is 8.53. The van der Waals surface area contributed by atoms with Gasteiger partial charge in [-0.15, -0.1) is 0 Å². The summed E-state index contributed by atoms with van der Waals surface area (Å²) in [4.78, 5) is 24.8. The number of amides is 1. The first kappa shape index (κ1) is 21.4. The number of nitrogens with one attached hydrogen (secondary N) is 1. The Hall–Kier alpha value is -1.89. The van der Waals surface area contributed by atoms with E-state index >= 15 is 0 Å². The van der Waals surface area contributed by atoms with Crippen molar-refractivity contribution in [3.05, 3.63) is 17.0 Å². The van der Waals surface area contributed by atoms with Gasteiger partial charge in [0.25, 0.3) is 0 Å². The Morgan fingerprint density at radius 3 is 2.48 bits per heavy atom. The van der Waals surface area contributed by atoms with Crippen LogP contribution in [0.3, 0.4) is 0 Å². The molecular weight excluding hydrogens is 346 g/mol. The van der Waals surface area contributed by atoms with Crippen LogP contribution in [0.15, 0.2) is 0 Å². The third kappa shape index (κ3) is 3.74. The number of aliphatic carboxylic acids is 1. The van der Waals surface area contributed by atoms with Gasteiger partial charge in [0.15, 0.2) is 0 Å². The molecular formula is C20H33N3O4. The molecule has 1 heterocycles. The lowest BCUT2D eigenvalue weighted by Gasteiger charge is -2.58. The van der Waals surface area contributed by atoms with Gasteiger partial charge in [0.1, 0.15) is 5.54 Å². The zero-order valence-electron chi connectivity index (χ0n) is 17.5. The van der Waals surface area contributed by atoms with Gasteiger partial charge in [0, 0.05) is 36.2 Å². The Morgan fingerprint density at radius 2 is 2.00 bits per heavy atom. The SMILES string of the molecule is CCOC1CC(NC(=O)Cc2c(C)nn(CC(C)C)c2C)(C(=O)O)C1(C)C. The van der Waals surface area contributed by atoms with Crippen molar-refractivity contribution in [2.75, 3.05) is 6.61 Å². The van der Waals surface area contributed by atoms with Crippen molar-refractivity contribution in [3.63, 3.8) is 0 Å². The van der Waals surface area contributed by atoms with E-state index in [2.05, 4.69) is 24.3 Å². The zero-order valence-corrected chi connectivity index (χ0v) is 17.5. The van der Waals surface area contributed by atoms with E-state index in [1.54, 1.807) is 0 Å². The van der Waals surface area contributed by atoms with E-state index in [0.29, 0.717) is 12.5 Å². The first-order valence-electron chi connectivity index (χ1n) is 9.65. The molecule has 0 radical (unpaired) electrons. The summed E-state index contributed by atoms with van der Waals surface area (Å²) in [6, 6.07) is 0. The Balaban J connectivity index is 2.17. The van der Waals surface area contributed by atoms with E-state index in [1.807, 2.05) is 39.3 Å². The van der Waals surface area contributed by atoms with Crippen LogP contribution in [0.2, 0.25) is 0 Å². The summed E-state index contributed by atoms with van der Waals surface area (Å²) in [5.74, 6) is -0.859. The molecule has 0 aliphatic heterocycles. The smallest absolute Gasteiger partial charge is 0.330 e. The molecule has 152 valence electrons. The molecule has 1 amide bonds. The molecule has 1 saturated carbocycles.